The minimum atomic E-state index is -3.87. The first-order chi connectivity index (χ1) is 19.3. The number of hydrogen-bond acceptors (Lipinski definition) is 4. The van der Waals surface area contributed by atoms with E-state index < -0.39 is 10.0 Å². The first-order valence-corrected chi connectivity index (χ1v) is 14.8. The second kappa shape index (κ2) is 10.2. The number of benzene rings is 3. The summed E-state index contributed by atoms with van der Waals surface area (Å²) in [7, 11) is -3.87. The van der Waals surface area contributed by atoms with Crippen LogP contribution in [0.5, 0.6) is 0 Å². The summed E-state index contributed by atoms with van der Waals surface area (Å²) in [5.41, 5.74) is 5.82. The van der Waals surface area contributed by atoms with Gasteiger partial charge in [-0.2, -0.15) is 14.7 Å². The standard InChI is InChI=1S/C32H29FN4O2S/c1-32-20-25-21-35-37(29-13-11-28(33)12-14-29)31(25)19-26(32)9-10-27(32)22-36(18-17-34)40(38,39)30-15-7-24(8-16-30)23-5-3-2-4-6-23/h2-8,11-16,19,21,27H,9-10,18,20,22H2,1H3/t27-,32+/m1/s1. The molecule has 40 heavy (non-hydrogen) atoms. The van der Waals surface area contributed by atoms with Crippen molar-refractivity contribution < 1.29 is 12.8 Å². The van der Waals surface area contributed by atoms with E-state index >= 15 is 0 Å². The molecule has 2 aliphatic carbocycles. The van der Waals surface area contributed by atoms with Crippen molar-refractivity contribution in [3.63, 3.8) is 0 Å². The maximum atomic E-state index is 13.7. The fourth-order valence-corrected chi connectivity index (χ4v) is 7.57. The molecular weight excluding hydrogens is 523 g/mol. The van der Waals surface area contributed by atoms with Gasteiger partial charge in [-0.1, -0.05) is 55.0 Å². The van der Waals surface area contributed by atoms with Crippen LogP contribution in [0.1, 0.15) is 31.0 Å². The number of hydrogen-bond donors (Lipinski definition) is 0. The van der Waals surface area contributed by atoms with Crippen molar-refractivity contribution in [2.24, 2.45) is 11.3 Å². The largest absolute Gasteiger partial charge is 0.244 e. The van der Waals surface area contributed by atoms with Crippen LogP contribution in [-0.4, -0.2) is 35.6 Å². The molecule has 2 aliphatic rings. The fraction of sp³-hybridized carbons (Fsp3) is 0.250. The predicted octanol–water partition coefficient (Wildman–Crippen LogP) is 6.25. The molecule has 0 aliphatic heterocycles. The molecule has 3 aromatic carbocycles. The zero-order chi connectivity index (χ0) is 27.9. The molecule has 1 fully saturated rings. The van der Waals surface area contributed by atoms with Gasteiger partial charge in [0.25, 0.3) is 0 Å². The molecule has 1 heterocycles. The third kappa shape index (κ3) is 4.55. The fourth-order valence-electron chi connectivity index (χ4n) is 6.19. The average Bonchev–Trinajstić information content (AvgIpc) is 3.51. The zero-order valence-electron chi connectivity index (χ0n) is 22.2. The number of aromatic nitrogens is 2. The highest BCUT2D eigenvalue weighted by Gasteiger charge is 2.47. The quantitative estimate of drug-likeness (QED) is 0.254. The molecule has 0 saturated heterocycles. The predicted molar refractivity (Wildman–Crippen MR) is 152 cm³/mol. The summed E-state index contributed by atoms with van der Waals surface area (Å²) in [5, 5.41) is 14.1. The van der Waals surface area contributed by atoms with E-state index in [1.54, 1.807) is 24.3 Å². The number of halogens is 1. The lowest BCUT2D eigenvalue weighted by molar-refractivity contribution is 0.228. The van der Waals surface area contributed by atoms with Gasteiger partial charge >= 0.3 is 0 Å². The van der Waals surface area contributed by atoms with Gasteiger partial charge in [0.05, 0.1) is 28.5 Å². The van der Waals surface area contributed by atoms with Gasteiger partial charge in [0.1, 0.15) is 12.4 Å². The van der Waals surface area contributed by atoms with Crippen molar-refractivity contribution in [1.82, 2.24) is 14.1 Å². The SMILES string of the molecule is C[C@]12Cc3cnn(-c4ccc(F)cc4)c3C=C1CC[C@@H]2CN(CC#N)S(=O)(=O)c1ccc(-c2ccccc2)cc1. The second-order valence-corrected chi connectivity index (χ2v) is 12.7. The van der Waals surface area contributed by atoms with Crippen LogP contribution in [-0.2, 0) is 16.4 Å². The molecule has 6 rings (SSSR count). The number of nitriles is 1. The Morgan fingerprint density at radius 2 is 1.75 bits per heavy atom. The third-order valence-corrected chi connectivity index (χ3v) is 10.3. The molecule has 0 N–H and O–H groups in total. The van der Waals surface area contributed by atoms with Gasteiger partial charge in [0.15, 0.2) is 0 Å². The molecule has 0 radical (unpaired) electrons. The van der Waals surface area contributed by atoms with E-state index in [-0.39, 0.29) is 35.1 Å². The van der Waals surface area contributed by atoms with E-state index in [1.165, 1.54) is 22.0 Å². The minimum absolute atomic E-state index is 0.0489. The lowest BCUT2D eigenvalue weighted by Crippen LogP contribution is -2.41. The van der Waals surface area contributed by atoms with Crippen molar-refractivity contribution in [1.29, 1.82) is 5.26 Å². The van der Waals surface area contributed by atoms with Crippen molar-refractivity contribution >= 4 is 16.1 Å². The van der Waals surface area contributed by atoms with Gasteiger partial charge in [-0.25, -0.2) is 17.5 Å². The monoisotopic (exact) mass is 552 g/mol. The topological polar surface area (TPSA) is 79.0 Å². The Morgan fingerprint density at radius 1 is 1.05 bits per heavy atom. The molecule has 0 unspecified atom stereocenters. The first kappa shape index (κ1) is 26.2. The molecule has 8 heteroatoms. The van der Waals surface area contributed by atoms with Gasteiger partial charge in [0.2, 0.25) is 10.0 Å². The van der Waals surface area contributed by atoms with Crippen molar-refractivity contribution in [3.05, 3.63) is 108 Å². The lowest BCUT2D eigenvalue weighted by Gasteiger charge is -2.37. The minimum Gasteiger partial charge on any atom is -0.233 e. The number of rotatable bonds is 7. The Kier molecular flexibility index (Phi) is 6.65. The van der Waals surface area contributed by atoms with Gasteiger partial charge < -0.3 is 0 Å². The Balaban J connectivity index is 1.25. The smallest absolute Gasteiger partial charge is 0.233 e. The zero-order valence-corrected chi connectivity index (χ0v) is 23.0. The van der Waals surface area contributed by atoms with Crippen LogP contribution in [0.4, 0.5) is 4.39 Å². The molecule has 0 amide bonds. The van der Waals surface area contributed by atoms with Crippen molar-refractivity contribution in [3.8, 4) is 22.9 Å². The molecule has 1 aromatic heterocycles. The average molecular weight is 553 g/mol. The Morgan fingerprint density at radius 3 is 2.45 bits per heavy atom. The molecule has 4 aromatic rings. The highest BCUT2D eigenvalue weighted by molar-refractivity contribution is 7.89. The Labute approximate surface area is 234 Å². The summed E-state index contributed by atoms with van der Waals surface area (Å²) in [6, 6.07) is 25.0. The van der Waals surface area contributed by atoms with Crippen LogP contribution >= 0.6 is 0 Å². The maximum Gasteiger partial charge on any atom is 0.244 e. The van der Waals surface area contributed by atoms with E-state index in [2.05, 4.69) is 24.2 Å². The van der Waals surface area contributed by atoms with Gasteiger partial charge in [-0.15, -0.1) is 0 Å². The molecule has 202 valence electrons. The van der Waals surface area contributed by atoms with Crippen LogP contribution in [0.2, 0.25) is 0 Å². The lowest BCUT2D eigenvalue weighted by atomic mass is 9.70. The van der Waals surface area contributed by atoms with Crippen LogP contribution < -0.4 is 0 Å². The van der Waals surface area contributed by atoms with Gasteiger partial charge in [0, 0.05) is 6.54 Å². The van der Waals surface area contributed by atoms with Gasteiger partial charge in [-0.05, 0) is 89.8 Å². The first-order valence-electron chi connectivity index (χ1n) is 13.4. The summed E-state index contributed by atoms with van der Waals surface area (Å²) < 4.78 is 44.1. The molecule has 1 saturated carbocycles. The van der Waals surface area contributed by atoms with E-state index in [9.17, 15) is 18.1 Å². The van der Waals surface area contributed by atoms with E-state index in [1.807, 2.05) is 53.3 Å². The molecule has 6 nitrogen and oxygen atoms in total. The van der Waals surface area contributed by atoms with Gasteiger partial charge in [-0.3, -0.25) is 0 Å². The Hall–Kier alpha value is -4.06. The van der Waals surface area contributed by atoms with Crippen LogP contribution in [0.15, 0.2) is 95.5 Å². The van der Waals surface area contributed by atoms with Crippen LogP contribution in [0, 0.1) is 28.5 Å². The summed E-state index contributed by atoms with van der Waals surface area (Å²) in [4.78, 5) is 0.188. The number of sulfonamides is 1. The number of nitrogens with zero attached hydrogens (tertiary/aromatic N) is 4. The number of allylic oxidation sites excluding steroid dienone is 1. The normalized spacial score (nSPS) is 20.1. The van der Waals surface area contributed by atoms with Crippen LogP contribution in [0.3, 0.4) is 0 Å². The maximum absolute atomic E-state index is 13.7. The summed E-state index contributed by atoms with van der Waals surface area (Å²) >= 11 is 0. The van der Waals surface area contributed by atoms with Crippen molar-refractivity contribution in [2.45, 2.75) is 31.1 Å². The highest BCUT2D eigenvalue weighted by atomic mass is 32.2. The second-order valence-electron chi connectivity index (χ2n) is 10.8. The highest BCUT2D eigenvalue weighted by Crippen LogP contribution is 2.53. The van der Waals surface area contributed by atoms with E-state index in [0.29, 0.717) is 0 Å². The number of fused-ring (bicyclic) bond motifs is 2. The van der Waals surface area contributed by atoms with Crippen LogP contribution in [0.25, 0.3) is 22.9 Å². The summed E-state index contributed by atoms with van der Waals surface area (Å²) in [6.45, 7) is 2.26. The Bertz CT molecular complexity index is 1720. The molecular formula is C32H29FN4O2S. The molecule has 0 bridgehead atoms. The van der Waals surface area contributed by atoms with E-state index in [0.717, 1.165) is 47.3 Å². The van der Waals surface area contributed by atoms with Crippen molar-refractivity contribution in [2.75, 3.05) is 13.1 Å². The summed E-state index contributed by atoms with van der Waals surface area (Å²) in [6.07, 6.45) is 6.43. The molecule has 2 atom stereocenters. The molecule has 0 spiro atoms. The third-order valence-electron chi connectivity index (χ3n) is 8.49. The van der Waals surface area contributed by atoms with E-state index in [4.69, 9.17) is 0 Å². The summed E-state index contributed by atoms with van der Waals surface area (Å²) in [5.74, 6) is -0.244.